The first-order valence-electron chi connectivity index (χ1n) is 4.00. The molecule has 0 aromatic heterocycles. The van der Waals surface area contributed by atoms with Crippen molar-refractivity contribution in [2.45, 2.75) is 25.6 Å². The van der Waals surface area contributed by atoms with Crippen LogP contribution in [0.15, 0.2) is 0 Å². The van der Waals surface area contributed by atoms with E-state index in [0.29, 0.717) is 13.1 Å². The molecule has 0 aliphatic rings. The summed E-state index contributed by atoms with van der Waals surface area (Å²) in [5.74, 6) is 0.232. The van der Waals surface area contributed by atoms with Gasteiger partial charge in [-0.25, -0.2) is 0 Å². The fourth-order valence-electron chi connectivity index (χ4n) is 1.13. The molecule has 0 saturated heterocycles. The van der Waals surface area contributed by atoms with Crippen LogP contribution < -0.4 is 0 Å². The van der Waals surface area contributed by atoms with Gasteiger partial charge < -0.3 is 15.1 Å². The van der Waals surface area contributed by atoms with E-state index in [0.717, 1.165) is 0 Å². The van der Waals surface area contributed by atoms with Gasteiger partial charge in [0.15, 0.2) is 0 Å². The van der Waals surface area contributed by atoms with Crippen LogP contribution in [0.4, 0.5) is 0 Å². The van der Waals surface area contributed by atoms with E-state index in [-0.39, 0.29) is 5.88 Å². The van der Waals surface area contributed by atoms with E-state index in [1.54, 1.807) is 13.8 Å². The predicted molar refractivity (Wildman–Crippen MR) is 50.5 cm³/mol. The van der Waals surface area contributed by atoms with Gasteiger partial charge in [0.05, 0.1) is 11.7 Å². The van der Waals surface area contributed by atoms with Gasteiger partial charge in [-0.2, -0.15) is 0 Å². The van der Waals surface area contributed by atoms with Crippen LogP contribution in [-0.4, -0.2) is 52.8 Å². The maximum atomic E-state index is 9.42. The summed E-state index contributed by atoms with van der Waals surface area (Å²) < 4.78 is 0. The van der Waals surface area contributed by atoms with E-state index < -0.39 is 11.7 Å². The molecule has 0 fully saturated rings. The molecule has 0 bridgehead atoms. The molecule has 0 spiro atoms. The molecule has 12 heavy (non-hydrogen) atoms. The Morgan fingerprint density at radius 1 is 1.50 bits per heavy atom. The molecule has 1 unspecified atom stereocenters. The molecule has 0 aromatic carbocycles. The molecule has 0 saturated carbocycles. The minimum atomic E-state index is -0.721. The molecule has 1 atom stereocenters. The summed E-state index contributed by atoms with van der Waals surface area (Å²) >= 11 is 5.43. The number of aliphatic hydroxyl groups is 2. The summed E-state index contributed by atoms with van der Waals surface area (Å²) in [6, 6.07) is 0. The first-order chi connectivity index (χ1) is 5.35. The number of alkyl halides is 1. The van der Waals surface area contributed by atoms with Gasteiger partial charge in [0, 0.05) is 19.0 Å². The Labute approximate surface area is 78.9 Å². The number of hydrogen-bond donors (Lipinski definition) is 2. The molecule has 0 rings (SSSR count). The summed E-state index contributed by atoms with van der Waals surface area (Å²) in [5.41, 5.74) is -0.721. The van der Waals surface area contributed by atoms with Gasteiger partial charge in [-0.05, 0) is 20.9 Å². The SMILES string of the molecule is CN(CC(O)CCl)CC(C)(C)O. The van der Waals surface area contributed by atoms with Crippen LogP contribution >= 0.6 is 11.6 Å². The van der Waals surface area contributed by atoms with Gasteiger partial charge in [-0.1, -0.05) is 0 Å². The Kier molecular flexibility index (Phi) is 5.09. The van der Waals surface area contributed by atoms with Crippen molar-refractivity contribution < 1.29 is 10.2 Å². The van der Waals surface area contributed by atoms with Crippen LogP contribution in [0.25, 0.3) is 0 Å². The summed E-state index contributed by atoms with van der Waals surface area (Å²) in [6.07, 6.45) is -0.515. The lowest BCUT2D eigenvalue weighted by Gasteiger charge is -2.26. The van der Waals surface area contributed by atoms with Gasteiger partial charge in [0.2, 0.25) is 0 Å². The highest BCUT2D eigenvalue weighted by molar-refractivity contribution is 6.18. The van der Waals surface area contributed by atoms with Crippen molar-refractivity contribution in [2.75, 3.05) is 26.0 Å². The van der Waals surface area contributed by atoms with Crippen LogP contribution in [-0.2, 0) is 0 Å². The van der Waals surface area contributed by atoms with Crippen LogP contribution in [0.3, 0.4) is 0 Å². The molecule has 3 nitrogen and oxygen atoms in total. The van der Waals surface area contributed by atoms with Crippen molar-refractivity contribution in [1.29, 1.82) is 0 Å². The molecule has 0 aliphatic carbocycles. The Morgan fingerprint density at radius 2 is 2.00 bits per heavy atom. The first kappa shape index (κ1) is 12.2. The number of halogens is 1. The van der Waals surface area contributed by atoms with E-state index in [1.165, 1.54) is 0 Å². The number of aliphatic hydroxyl groups excluding tert-OH is 1. The second-order valence-electron chi connectivity index (χ2n) is 3.82. The normalized spacial score (nSPS) is 15.2. The summed E-state index contributed by atoms with van der Waals surface area (Å²) in [7, 11) is 1.84. The average molecular weight is 196 g/mol. The van der Waals surface area contributed by atoms with Gasteiger partial charge in [0.1, 0.15) is 0 Å². The Balaban J connectivity index is 3.66. The third-order valence-corrected chi connectivity index (χ3v) is 1.71. The summed E-state index contributed by atoms with van der Waals surface area (Å²) in [4.78, 5) is 1.85. The standard InChI is InChI=1S/C8H18ClNO2/c1-8(2,12)6-10(3)5-7(11)4-9/h7,11-12H,4-6H2,1-3H3. The molecule has 74 valence electrons. The lowest BCUT2D eigenvalue weighted by atomic mass is 10.1. The van der Waals surface area contributed by atoms with Crippen molar-refractivity contribution in [3.8, 4) is 0 Å². The average Bonchev–Trinajstić information content (AvgIpc) is 1.82. The van der Waals surface area contributed by atoms with Gasteiger partial charge in [-0.3, -0.25) is 0 Å². The minimum absolute atomic E-state index is 0.232. The fourth-order valence-corrected chi connectivity index (χ4v) is 1.23. The molecule has 4 heteroatoms. The maximum Gasteiger partial charge on any atom is 0.0802 e. The van der Waals surface area contributed by atoms with E-state index in [2.05, 4.69) is 0 Å². The molecule has 0 aromatic rings. The molecular formula is C8H18ClNO2. The fraction of sp³-hybridized carbons (Fsp3) is 1.00. The predicted octanol–water partition coefficient (Wildman–Crippen LogP) is 0.289. The van der Waals surface area contributed by atoms with Crippen molar-refractivity contribution in [1.82, 2.24) is 4.90 Å². The Bertz CT molecular complexity index is 125. The second-order valence-corrected chi connectivity index (χ2v) is 4.13. The van der Waals surface area contributed by atoms with Crippen LogP contribution in [0, 0.1) is 0 Å². The van der Waals surface area contributed by atoms with Crippen molar-refractivity contribution in [2.24, 2.45) is 0 Å². The second kappa shape index (κ2) is 5.02. The molecular weight excluding hydrogens is 178 g/mol. The van der Waals surface area contributed by atoms with E-state index in [9.17, 15) is 5.11 Å². The lowest BCUT2D eigenvalue weighted by molar-refractivity contribution is 0.0317. The Morgan fingerprint density at radius 3 is 2.33 bits per heavy atom. The van der Waals surface area contributed by atoms with Gasteiger partial charge in [0.25, 0.3) is 0 Å². The van der Waals surface area contributed by atoms with Crippen molar-refractivity contribution in [3.05, 3.63) is 0 Å². The summed E-state index contributed by atoms with van der Waals surface area (Å²) in [6.45, 7) is 4.49. The number of nitrogens with zero attached hydrogens (tertiary/aromatic N) is 1. The highest BCUT2D eigenvalue weighted by Crippen LogP contribution is 2.03. The largest absolute Gasteiger partial charge is 0.391 e. The third-order valence-electron chi connectivity index (χ3n) is 1.36. The number of hydrogen-bond acceptors (Lipinski definition) is 3. The monoisotopic (exact) mass is 195 g/mol. The zero-order valence-electron chi connectivity index (χ0n) is 7.92. The van der Waals surface area contributed by atoms with Crippen molar-refractivity contribution in [3.63, 3.8) is 0 Å². The third kappa shape index (κ3) is 6.85. The lowest BCUT2D eigenvalue weighted by Crippen LogP contribution is -2.40. The molecule has 0 heterocycles. The highest BCUT2D eigenvalue weighted by atomic mass is 35.5. The molecule has 2 N–H and O–H groups in total. The maximum absolute atomic E-state index is 9.42. The quantitative estimate of drug-likeness (QED) is 0.620. The van der Waals surface area contributed by atoms with Crippen LogP contribution in [0.5, 0.6) is 0 Å². The van der Waals surface area contributed by atoms with E-state index >= 15 is 0 Å². The number of likely N-dealkylation sites (N-methyl/N-ethyl adjacent to an activating group) is 1. The smallest absolute Gasteiger partial charge is 0.0802 e. The van der Waals surface area contributed by atoms with E-state index in [1.807, 2.05) is 11.9 Å². The molecule has 0 radical (unpaired) electrons. The summed E-state index contributed by atoms with van der Waals surface area (Å²) in [5, 5.41) is 18.6. The topological polar surface area (TPSA) is 43.7 Å². The minimum Gasteiger partial charge on any atom is -0.391 e. The van der Waals surface area contributed by atoms with Gasteiger partial charge in [-0.15, -0.1) is 11.6 Å². The Hall–Kier alpha value is 0.170. The number of rotatable bonds is 5. The zero-order chi connectivity index (χ0) is 9.78. The van der Waals surface area contributed by atoms with E-state index in [4.69, 9.17) is 16.7 Å². The highest BCUT2D eigenvalue weighted by Gasteiger charge is 2.16. The molecule has 0 aliphatic heterocycles. The zero-order valence-corrected chi connectivity index (χ0v) is 8.67. The van der Waals surface area contributed by atoms with Crippen LogP contribution in [0.1, 0.15) is 13.8 Å². The first-order valence-corrected chi connectivity index (χ1v) is 4.53. The van der Waals surface area contributed by atoms with Crippen LogP contribution in [0.2, 0.25) is 0 Å². The van der Waals surface area contributed by atoms with Crippen molar-refractivity contribution >= 4 is 11.6 Å². The molecule has 0 amide bonds. The van der Waals surface area contributed by atoms with Gasteiger partial charge >= 0.3 is 0 Å².